The molecular formula is C26H19BrClN3O2S. The second-order valence-electron chi connectivity index (χ2n) is 7.55. The molecule has 3 aromatic rings. The van der Waals surface area contributed by atoms with Gasteiger partial charge in [0.1, 0.15) is 16.7 Å². The van der Waals surface area contributed by atoms with Gasteiger partial charge in [-0.05, 0) is 53.9 Å². The molecule has 1 atom stereocenters. The van der Waals surface area contributed by atoms with Crippen molar-refractivity contribution in [1.82, 2.24) is 5.32 Å². The lowest BCUT2D eigenvalue weighted by molar-refractivity contribution is -0.117. The van der Waals surface area contributed by atoms with Crippen molar-refractivity contribution in [2.45, 2.75) is 18.2 Å². The molecule has 3 aromatic carbocycles. The van der Waals surface area contributed by atoms with E-state index in [2.05, 4.69) is 21.2 Å². The number of hydrogen-bond acceptors (Lipinski definition) is 4. The van der Waals surface area contributed by atoms with E-state index in [4.69, 9.17) is 11.6 Å². The Balaban J connectivity index is 1.67. The van der Waals surface area contributed by atoms with Crippen LogP contribution in [0.3, 0.4) is 0 Å². The van der Waals surface area contributed by atoms with Crippen molar-refractivity contribution >= 4 is 56.8 Å². The quantitative estimate of drug-likeness (QED) is 0.308. The summed E-state index contributed by atoms with van der Waals surface area (Å²) in [6.07, 6.45) is 0.422. The molecule has 1 aliphatic heterocycles. The van der Waals surface area contributed by atoms with Gasteiger partial charge in [0.25, 0.3) is 5.91 Å². The number of nitrogens with one attached hydrogen (secondary N) is 1. The highest BCUT2D eigenvalue weighted by Crippen LogP contribution is 2.42. The number of carbonyl (C=O) groups excluding carboxylic acids is 2. The normalized spacial score (nSPS) is 16.8. The molecule has 0 bridgehead atoms. The van der Waals surface area contributed by atoms with Crippen molar-refractivity contribution in [3.63, 3.8) is 0 Å². The summed E-state index contributed by atoms with van der Waals surface area (Å²) >= 11 is 10.8. The Morgan fingerprint density at radius 1 is 1.06 bits per heavy atom. The van der Waals surface area contributed by atoms with E-state index in [9.17, 15) is 14.9 Å². The zero-order valence-electron chi connectivity index (χ0n) is 17.9. The Morgan fingerprint density at radius 2 is 1.76 bits per heavy atom. The van der Waals surface area contributed by atoms with Gasteiger partial charge in [0.05, 0.1) is 5.25 Å². The number of benzene rings is 3. The van der Waals surface area contributed by atoms with E-state index in [1.165, 1.54) is 16.7 Å². The number of nitrogens with zero attached hydrogens (tertiary/aromatic N) is 2. The minimum atomic E-state index is -0.521. The number of thioether (sulfide) groups is 1. The van der Waals surface area contributed by atoms with Crippen LogP contribution in [-0.4, -0.2) is 17.1 Å². The number of anilines is 1. The summed E-state index contributed by atoms with van der Waals surface area (Å²) in [5, 5.41) is 13.1. The Kier molecular flexibility index (Phi) is 7.73. The molecular weight excluding hydrogens is 534 g/mol. The Labute approximate surface area is 215 Å². The molecule has 1 fully saturated rings. The maximum absolute atomic E-state index is 13.5. The summed E-state index contributed by atoms with van der Waals surface area (Å²) < 4.78 is 0.859. The van der Waals surface area contributed by atoms with E-state index < -0.39 is 11.2 Å². The first kappa shape index (κ1) is 24.1. The smallest absolute Gasteiger partial charge is 0.264 e. The van der Waals surface area contributed by atoms with Gasteiger partial charge >= 0.3 is 0 Å². The van der Waals surface area contributed by atoms with Crippen LogP contribution in [0, 0.1) is 11.3 Å². The van der Waals surface area contributed by atoms with Crippen LogP contribution in [-0.2, 0) is 22.6 Å². The van der Waals surface area contributed by atoms with E-state index in [0.717, 1.165) is 15.6 Å². The fraction of sp³-hybridized carbons (Fsp3) is 0.115. The van der Waals surface area contributed by atoms with Crippen molar-refractivity contribution in [2.24, 2.45) is 0 Å². The number of halogens is 2. The van der Waals surface area contributed by atoms with Gasteiger partial charge in [-0.1, -0.05) is 81.8 Å². The minimum absolute atomic E-state index is 0.0919. The summed E-state index contributed by atoms with van der Waals surface area (Å²) in [6, 6.07) is 26.0. The zero-order valence-corrected chi connectivity index (χ0v) is 21.0. The molecule has 0 aromatic heterocycles. The largest absolute Gasteiger partial charge is 0.347 e. The minimum Gasteiger partial charge on any atom is -0.347 e. The van der Waals surface area contributed by atoms with E-state index in [-0.39, 0.29) is 18.0 Å². The standard InChI is InChI=1S/C26H19BrClN3O2S/c27-19-9-11-21(12-10-19)31-25(33)23(14-18-7-4-8-20(28)13-18)34-26(31)22(15-29)24(32)30-16-17-5-2-1-3-6-17/h1-13,23H,14,16H2,(H,30,32)/b26-22-/t23-/m0/s1. The summed E-state index contributed by atoms with van der Waals surface area (Å²) in [7, 11) is 0. The monoisotopic (exact) mass is 551 g/mol. The lowest BCUT2D eigenvalue weighted by Gasteiger charge is -2.19. The first-order valence-corrected chi connectivity index (χ1v) is 12.5. The van der Waals surface area contributed by atoms with Crippen molar-refractivity contribution in [3.8, 4) is 6.07 Å². The second-order valence-corrected chi connectivity index (χ2v) is 10.1. The molecule has 8 heteroatoms. The third-order valence-corrected chi connectivity index (χ3v) is 7.22. The van der Waals surface area contributed by atoms with Crippen molar-refractivity contribution in [2.75, 3.05) is 4.90 Å². The van der Waals surface area contributed by atoms with Crippen LogP contribution in [0.15, 0.2) is 93.9 Å². The molecule has 1 heterocycles. The average molecular weight is 553 g/mol. The number of rotatable bonds is 6. The van der Waals surface area contributed by atoms with Crippen molar-refractivity contribution < 1.29 is 9.59 Å². The molecule has 0 radical (unpaired) electrons. The molecule has 2 amide bonds. The van der Waals surface area contributed by atoms with Gasteiger partial charge < -0.3 is 5.32 Å². The van der Waals surface area contributed by atoms with Gasteiger partial charge in [-0.2, -0.15) is 5.26 Å². The lowest BCUT2D eigenvalue weighted by atomic mass is 10.1. The highest BCUT2D eigenvalue weighted by molar-refractivity contribution is 9.10. The summed E-state index contributed by atoms with van der Waals surface area (Å²) in [5.74, 6) is -0.710. The molecule has 170 valence electrons. The topological polar surface area (TPSA) is 73.2 Å². The Bertz CT molecular complexity index is 1290. The van der Waals surface area contributed by atoms with Gasteiger partial charge in [0, 0.05) is 21.7 Å². The van der Waals surface area contributed by atoms with Gasteiger partial charge in [0.2, 0.25) is 5.91 Å². The first-order chi connectivity index (χ1) is 16.5. The Morgan fingerprint density at radius 3 is 2.44 bits per heavy atom. The van der Waals surface area contributed by atoms with Crippen LogP contribution in [0.1, 0.15) is 11.1 Å². The molecule has 4 rings (SSSR count). The number of hydrogen-bond donors (Lipinski definition) is 1. The van der Waals surface area contributed by atoms with Crippen LogP contribution in [0.4, 0.5) is 5.69 Å². The predicted octanol–water partition coefficient (Wildman–Crippen LogP) is 5.85. The third-order valence-electron chi connectivity index (χ3n) is 5.20. The highest BCUT2D eigenvalue weighted by Gasteiger charge is 2.40. The maximum atomic E-state index is 13.5. The second kappa shape index (κ2) is 10.9. The van der Waals surface area contributed by atoms with Gasteiger partial charge in [0.15, 0.2) is 0 Å². The Hall–Kier alpha value is -3.05. The highest BCUT2D eigenvalue weighted by atomic mass is 79.9. The van der Waals surface area contributed by atoms with Gasteiger partial charge in [-0.15, -0.1) is 0 Å². The number of amides is 2. The van der Waals surface area contributed by atoms with Crippen LogP contribution in [0.5, 0.6) is 0 Å². The number of carbonyl (C=O) groups is 2. The molecule has 0 aliphatic carbocycles. The molecule has 0 saturated carbocycles. The molecule has 1 N–H and O–H groups in total. The predicted molar refractivity (Wildman–Crippen MR) is 139 cm³/mol. The van der Waals surface area contributed by atoms with Gasteiger partial charge in [-0.25, -0.2) is 0 Å². The average Bonchev–Trinajstić information content (AvgIpc) is 3.15. The van der Waals surface area contributed by atoms with Crippen LogP contribution < -0.4 is 10.2 Å². The molecule has 0 spiro atoms. The van der Waals surface area contributed by atoms with Crippen LogP contribution >= 0.6 is 39.3 Å². The van der Waals surface area contributed by atoms with Crippen molar-refractivity contribution in [1.29, 1.82) is 5.26 Å². The van der Waals surface area contributed by atoms with E-state index >= 15 is 0 Å². The lowest BCUT2D eigenvalue weighted by Crippen LogP contribution is -2.32. The first-order valence-electron chi connectivity index (χ1n) is 10.4. The van der Waals surface area contributed by atoms with Crippen LogP contribution in [0.25, 0.3) is 0 Å². The third kappa shape index (κ3) is 5.53. The van der Waals surface area contributed by atoms with E-state index in [1.54, 1.807) is 18.2 Å². The van der Waals surface area contributed by atoms with E-state index in [0.29, 0.717) is 22.2 Å². The van der Waals surface area contributed by atoms with Crippen molar-refractivity contribution in [3.05, 3.63) is 110 Å². The zero-order chi connectivity index (χ0) is 24.1. The summed E-state index contributed by atoms with van der Waals surface area (Å²) in [5.41, 5.74) is 2.32. The molecule has 34 heavy (non-hydrogen) atoms. The fourth-order valence-electron chi connectivity index (χ4n) is 3.56. The maximum Gasteiger partial charge on any atom is 0.264 e. The van der Waals surface area contributed by atoms with Gasteiger partial charge in [-0.3, -0.25) is 14.5 Å². The number of nitriles is 1. The molecule has 5 nitrogen and oxygen atoms in total. The SMILES string of the molecule is N#C/C(C(=O)NCc1ccccc1)=C1/S[C@@H](Cc2cccc(Cl)c2)C(=O)N1c1ccc(Br)cc1. The molecule has 0 unspecified atom stereocenters. The fourth-order valence-corrected chi connectivity index (χ4v) is 5.34. The van der Waals surface area contributed by atoms with E-state index in [1.807, 2.05) is 66.7 Å². The molecule has 1 saturated heterocycles. The summed E-state index contributed by atoms with van der Waals surface area (Å²) in [4.78, 5) is 28.0. The van der Waals surface area contributed by atoms with Crippen LogP contribution in [0.2, 0.25) is 5.02 Å². The molecule has 1 aliphatic rings. The summed E-state index contributed by atoms with van der Waals surface area (Å²) in [6.45, 7) is 0.279.